The van der Waals surface area contributed by atoms with E-state index in [1.807, 2.05) is 24.3 Å². The largest absolute Gasteiger partial charge is 0.494 e. The van der Waals surface area contributed by atoms with Gasteiger partial charge >= 0.3 is 6.09 Å². The lowest BCUT2D eigenvalue weighted by atomic mass is 10.2. The second-order valence-electron chi connectivity index (χ2n) is 7.59. The average molecular weight is 407 g/mol. The summed E-state index contributed by atoms with van der Waals surface area (Å²) in [7, 11) is 0. The van der Waals surface area contributed by atoms with Crippen molar-refractivity contribution in [2.75, 3.05) is 38.2 Å². The van der Waals surface area contributed by atoms with Crippen molar-refractivity contribution in [1.29, 1.82) is 0 Å². The first kappa shape index (κ1) is 23.5. The Hall–Kier alpha value is -1.79. The summed E-state index contributed by atoms with van der Waals surface area (Å²) >= 11 is 0. The van der Waals surface area contributed by atoms with Gasteiger partial charge in [0.25, 0.3) is 0 Å². The first-order valence-electron chi connectivity index (χ1n) is 11.2. The number of unbranched alkanes of at least 4 members (excludes halogenated alkanes) is 4. The smallest absolute Gasteiger partial charge is 0.413 e. The second-order valence-corrected chi connectivity index (χ2v) is 7.59. The van der Waals surface area contributed by atoms with Gasteiger partial charge in [0.15, 0.2) is 6.23 Å². The normalized spacial score (nSPS) is 15.2. The van der Waals surface area contributed by atoms with Crippen LogP contribution >= 0.6 is 0 Å². The molecule has 6 heteroatoms. The summed E-state index contributed by atoms with van der Waals surface area (Å²) in [6.07, 6.45) is 8.44. The van der Waals surface area contributed by atoms with Crippen LogP contribution < -0.4 is 10.1 Å². The lowest BCUT2D eigenvalue weighted by Gasteiger charge is -2.27. The number of benzene rings is 1. The van der Waals surface area contributed by atoms with E-state index in [9.17, 15) is 4.79 Å². The van der Waals surface area contributed by atoms with Gasteiger partial charge in [0, 0.05) is 31.5 Å². The van der Waals surface area contributed by atoms with Crippen molar-refractivity contribution in [3.8, 4) is 5.75 Å². The van der Waals surface area contributed by atoms with Gasteiger partial charge in [-0.2, -0.15) is 0 Å². The van der Waals surface area contributed by atoms with Crippen molar-refractivity contribution in [3.63, 3.8) is 0 Å². The Morgan fingerprint density at radius 2 is 1.86 bits per heavy atom. The van der Waals surface area contributed by atoms with Gasteiger partial charge in [0.2, 0.25) is 0 Å². The zero-order valence-electron chi connectivity index (χ0n) is 18.2. The third-order valence-corrected chi connectivity index (χ3v) is 5.00. The minimum Gasteiger partial charge on any atom is -0.494 e. The molecule has 6 nitrogen and oxygen atoms in total. The number of hydrogen-bond donors (Lipinski definition) is 1. The van der Waals surface area contributed by atoms with Crippen LogP contribution in [-0.4, -0.2) is 50.1 Å². The maximum absolute atomic E-state index is 12.4. The maximum atomic E-state index is 12.4. The van der Waals surface area contributed by atoms with Gasteiger partial charge in [0.05, 0.1) is 13.2 Å². The predicted molar refractivity (Wildman–Crippen MR) is 117 cm³/mol. The molecule has 1 N–H and O–H groups in total. The van der Waals surface area contributed by atoms with Crippen molar-refractivity contribution in [2.24, 2.45) is 0 Å². The van der Waals surface area contributed by atoms with Crippen LogP contribution in [0.3, 0.4) is 0 Å². The molecule has 164 valence electrons. The highest BCUT2D eigenvalue weighted by Gasteiger charge is 2.25. The highest BCUT2D eigenvalue weighted by Crippen LogP contribution is 2.19. The van der Waals surface area contributed by atoms with Crippen molar-refractivity contribution in [3.05, 3.63) is 24.3 Å². The fourth-order valence-electron chi connectivity index (χ4n) is 3.40. The molecule has 1 aromatic carbocycles. The van der Waals surface area contributed by atoms with Crippen LogP contribution in [0.25, 0.3) is 0 Å². The van der Waals surface area contributed by atoms with E-state index < -0.39 is 6.09 Å². The number of nitrogens with one attached hydrogen (secondary N) is 1. The molecule has 1 heterocycles. The van der Waals surface area contributed by atoms with Crippen LogP contribution in [-0.2, 0) is 9.47 Å². The maximum Gasteiger partial charge on any atom is 0.413 e. The van der Waals surface area contributed by atoms with E-state index >= 15 is 0 Å². The van der Waals surface area contributed by atoms with Crippen molar-refractivity contribution >= 4 is 11.8 Å². The number of nitrogens with zero attached hydrogens (tertiary/aromatic N) is 1. The van der Waals surface area contributed by atoms with Crippen LogP contribution in [0.2, 0.25) is 0 Å². The molecule has 0 aliphatic carbocycles. The molecule has 0 saturated carbocycles. The van der Waals surface area contributed by atoms with E-state index in [1.54, 1.807) is 0 Å². The number of anilines is 1. The number of hydrogen-bond acceptors (Lipinski definition) is 5. The van der Waals surface area contributed by atoms with Crippen molar-refractivity contribution < 1.29 is 19.0 Å². The molecule has 1 aliphatic rings. The molecule has 1 fully saturated rings. The summed E-state index contributed by atoms with van der Waals surface area (Å²) in [4.78, 5) is 14.6. The number of carbonyl (C=O) groups is 1. The molecule has 0 bridgehead atoms. The van der Waals surface area contributed by atoms with Crippen molar-refractivity contribution in [2.45, 2.75) is 71.4 Å². The van der Waals surface area contributed by atoms with Gasteiger partial charge in [-0.15, -0.1) is 0 Å². The molecule has 1 amide bonds. The SMILES string of the molecule is CCCCCCCOc1cccc(NC(=O)OC(COCCC)N2CCCC2)c1. The minimum absolute atomic E-state index is 0.341. The van der Waals surface area contributed by atoms with Gasteiger partial charge < -0.3 is 14.2 Å². The zero-order valence-corrected chi connectivity index (χ0v) is 18.2. The molecule has 1 aromatic rings. The van der Waals surface area contributed by atoms with Crippen LogP contribution in [0.5, 0.6) is 5.75 Å². The Labute approximate surface area is 175 Å². The second kappa shape index (κ2) is 14.2. The Kier molecular flexibility index (Phi) is 11.5. The standard InChI is InChI=1S/C23H38N2O4/c1-3-5-6-7-10-17-28-21-13-11-12-20(18-21)24-23(26)29-22(19-27-16-4-2)25-14-8-9-15-25/h11-13,18,22H,3-10,14-17,19H2,1-2H3,(H,24,26). The van der Waals surface area contributed by atoms with Gasteiger partial charge in [0.1, 0.15) is 5.75 Å². The fraction of sp³-hybridized carbons (Fsp3) is 0.696. The number of ether oxygens (including phenoxy) is 3. The molecule has 1 saturated heterocycles. The fourth-order valence-corrected chi connectivity index (χ4v) is 3.40. The van der Waals surface area contributed by atoms with Crippen LogP contribution in [0.1, 0.15) is 65.2 Å². The lowest BCUT2D eigenvalue weighted by Crippen LogP contribution is -2.41. The Balaban J connectivity index is 1.78. The monoisotopic (exact) mass is 406 g/mol. The number of amides is 1. The quantitative estimate of drug-likeness (QED) is 0.417. The van der Waals surface area contributed by atoms with E-state index in [4.69, 9.17) is 14.2 Å². The summed E-state index contributed by atoms with van der Waals surface area (Å²) in [5.74, 6) is 0.765. The summed E-state index contributed by atoms with van der Waals surface area (Å²) < 4.78 is 17.1. The molecule has 0 aromatic heterocycles. The van der Waals surface area contributed by atoms with Crippen LogP contribution in [0.4, 0.5) is 10.5 Å². The van der Waals surface area contributed by atoms with E-state index in [1.165, 1.54) is 25.7 Å². The molecule has 0 spiro atoms. The summed E-state index contributed by atoms with van der Waals surface area (Å²) in [5, 5.41) is 2.82. The Morgan fingerprint density at radius 3 is 2.62 bits per heavy atom. The van der Waals surface area contributed by atoms with Crippen molar-refractivity contribution in [1.82, 2.24) is 4.90 Å². The first-order chi connectivity index (χ1) is 14.2. The number of carbonyl (C=O) groups excluding carboxylic acids is 1. The van der Waals surface area contributed by atoms with Gasteiger partial charge in [-0.1, -0.05) is 45.6 Å². The Morgan fingerprint density at radius 1 is 1.07 bits per heavy atom. The summed E-state index contributed by atoms with van der Waals surface area (Å²) in [6, 6.07) is 7.47. The predicted octanol–water partition coefficient (Wildman–Crippen LogP) is 5.43. The zero-order chi connectivity index (χ0) is 20.7. The highest BCUT2D eigenvalue weighted by atomic mass is 16.6. The number of likely N-dealkylation sites (tertiary alicyclic amines) is 1. The molecular formula is C23H38N2O4. The van der Waals surface area contributed by atoms with Gasteiger partial charge in [-0.25, -0.2) is 4.79 Å². The first-order valence-corrected chi connectivity index (χ1v) is 11.2. The minimum atomic E-state index is -0.460. The van der Waals surface area contributed by atoms with E-state index in [2.05, 4.69) is 24.1 Å². The molecule has 29 heavy (non-hydrogen) atoms. The van der Waals surface area contributed by atoms with E-state index in [-0.39, 0.29) is 6.23 Å². The Bertz CT molecular complexity index is 576. The van der Waals surface area contributed by atoms with Crippen LogP contribution in [0, 0.1) is 0 Å². The molecular weight excluding hydrogens is 368 g/mol. The van der Waals surface area contributed by atoms with E-state index in [0.29, 0.717) is 25.5 Å². The van der Waals surface area contributed by atoms with Gasteiger partial charge in [-0.05, 0) is 37.8 Å². The number of rotatable bonds is 14. The molecule has 2 rings (SSSR count). The highest BCUT2D eigenvalue weighted by molar-refractivity contribution is 5.84. The molecule has 1 unspecified atom stereocenters. The molecule has 1 atom stereocenters. The molecule has 0 radical (unpaired) electrons. The third kappa shape index (κ3) is 9.50. The van der Waals surface area contributed by atoms with E-state index in [0.717, 1.165) is 44.5 Å². The summed E-state index contributed by atoms with van der Waals surface area (Å²) in [6.45, 7) is 7.94. The summed E-state index contributed by atoms with van der Waals surface area (Å²) in [5.41, 5.74) is 0.674. The van der Waals surface area contributed by atoms with Gasteiger partial charge in [-0.3, -0.25) is 10.2 Å². The molecule has 1 aliphatic heterocycles. The average Bonchev–Trinajstić information content (AvgIpc) is 3.25. The third-order valence-electron chi connectivity index (χ3n) is 5.00. The lowest BCUT2D eigenvalue weighted by molar-refractivity contribution is -0.0529. The van der Waals surface area contributed by atoms with Crippen LogP contribution in [0.15, 0.2) is 24.3 Å². The topological polar surface area (TPSA) is 60.0 Å².